The molecule has 2 aliphatic rings. The van der Waals surface area contributed by atoms with Crippen LogP contribution < -0.4 is 5.32 Å². The van der Waals surface area contributed by atoms with Gasteiger partial charge in [-0.25, -0.2) is 0 Å². The Balaban J connectivity index is 1.79. The van der Waals surface area contributed by atoms with Crippen LogP contribution in [-0.4, -0.2) is 47.2 Å². The van der Waals surface area contributed by atoms with Crippen molar-refractivity contribution in [1.29, 1.82) is 0 Å². The summed E-state index contributed by atoms with van der Waals surface area (Å²) in [6, 6.07) is 0.155. The lowest BCUT2D eigenvalue weighted by atomic mass is 9.57. The minimum atomic E-state index is -0.888. The van der Waals surface area contributed by atoms with Crippen LogP contribution in [0.15, 0.2) is 0 Å². The maximum absolute atomic E-state index is 11.7. The molecular weight excluding hydrogens is 254 g/mol. The number of carboxylic acid groups (broad SMARTS) is 1. The fourth-order valence-corrected chi connectivity index (χ4v) is 3.61. The molecule has 1 aliphatic carbocycles. The Morgan fingerprint density at radius 2 is 2.17 bits per heavy atom. The van der Waals surface area contributed by atoms with Gasteiger partial charge in [0, 0.05) is 24.0 Å². The van der Waals surface area contributed by atoms with Gasteiger partial charge in [-0.15, -0.1) is 11.8 Å². The van der Waals surface area contributed by atoms with Crippen molar-refractivity contribution >= 4 is 23.6 Å². The van der Waals surface area contributed by atoms with Gasteiger partial charge in [0.15, 0.2) is 0 Å². The molecule has 102 valence electrons. The third-order valence-corrected chi connectivity index (χ3v) is 4.79. The Morgan fingerprint density at radius 3 is 2.83 bits per heavy atom. The van der Waals surface area contributed by atoms with Gasteiger partial charge in [0.05, 0.1) is 17.6 Å². The van der Waals surface area contributed by atoms with E-state index in [2.05, 4.69) is 19.2 Å². The van der Waals surface area contributed by atoms with Crippen molar-refractivity contribution in [3.05, 3.63) is 0 Å². The normalized spacial score (nSPS) is 32.4. The molecule has 1 saturated heterocycles. The smallest absolute Gasteiger partial charge is 0.313 e. The first-order valence-corrected chi connectivity index (χ1v) is 7.29. The summed E-state index contributed by atoms with van der Waals surface area (Å²) in [6.07, 6.45) is 1.26. The fourth-order valence-electron chi connectivity index (χ4n) is 3.06. The van der Waals surface area contributed by atoms with Crippen LogP contribution in [0.3, 0.4) is 0 Å². The number of carbonyl (C=O) groups is 2. The molecule has 0 aromatic carbocycles. The summed E-state index contributed by atoms with van der Waals surface area (Å²) in [5.74, 6) is -0.368. The van der Waals surface area contributed by atoms with E-state index in [1.165, 1.54) is 0 Å². The largest absolute Gasteiger partial charge is 0.481 e. The number of ether oxygens (including phenoxy) is 1. The Morgan fingerprint density at radius 1 is 1.44 bits per heavy atom. The zero-order chi connectivity index (χ0) is 13.3. The molecule has 0 bridgehead atoms. The van der Waals surface area contributed by atoms with E-state index >= 15 is 0 Å². The number of nitrogens with one attached hydrogen (secondary N) is 1. The van der Waals surface area contributed by atoms with Crippen molar-refractivity contribution < 1.29 is 19.4 Å². The van der Waals surface area contributed by atoms with E-state index in [-0.39, 0.29) is 35.0 Å². The monoisotopic (exact) mass is 273 g/mol. The van der Waals surface area contributed by atoms with Crippen LogP contribution in [0.2, 0.25) is 0 Å². The van der Waals surface area contributed by atoms with Crippen LogP contribution in [0.5, 0.6) is 0 Å². The molecule has 2 N–H and O–H groups in total. The van der Waals surface area contributed by atoms with Crippen molar-refractivity contribution in [2.75, 3.05) is 18.1 Å². The zero-order valence-corrected chi connectivity index (χ0v) is 11.5. The SMILES string of the molecule is CC1(C)C(NC(=O)CSCC(=O)O)C2CCOC21. The van der Waals surface area contributed by atoms with Crippen molar-refractivity contribution in [2.45, 2.75) is 32.4 Å². The lowest BCUT2D eigenvalue weighted by Gasteiger charge is -2.54. The van der Waals surface area contributed by atoms with Crippen LogP contribution in [0.4, 0.5) is 0 Å². The molecule has 2 fully saturated rings. The van der Waals surface area contributed by atoms with E-state index in [9.17, 15) is 9.59 Å². The van der Waals surface area contributed by atoms with E-state index < -0.39 is 5.97 Å². The van der Waals surface area contributed by atoms with Gasteiger partial charge < -0.3 is 15.2 Å². The van der Waals surface area contributed by atoms with E-state index in [0.29, 0.717) is 5.92 Å². The van der Waals surface area contributed by atoms with Gasteiger partial charge in [0.1, 0.15) is 0 Å². The van der Waals surface area contributed by atoms with Crippen LogP contribution >= 0.6 is 11.8 Å². The summed E-state index contributed by atoms with van der Waals surface area (Å²) in [7, 11) is 0. The Kier molecular flexibility index (Phi) is 3.87. The predicted octanol–water partition coefficient (Wildman–Crippen LogP) is 0.734. The predicted molar refractivity (Wildman–Crippen MR) is 68.5 cm³/mol. The number of amides is 1. The Bertz CT molecular complexity index is 358. The lowest BCUT2D eigenvalue weighted by Crippen LogP contribution is -2.66. The second-order valence-electron chi connectivity index (χ2n) is 5.50. The summed E-state index contributed by atoms with van der Waals surface area (Å²) >= 11 is 1.13. The van der Waals surface area contributed by atoms with E-state index in [1.807, 2.05) is 0 Å². The molecule has 0 radical (unpaired) electrons. The molecule has 3 unspecified atom stereocenters. The van der Waals surface area contributed by atoms with Crippen LogP contribution in [0.1, 0.15) is 20.3 Å². The summed E-state index contributed by atoms with van der Waals surface area (Å²) in [4.78, 5) is 22.1. The number of hydrogen-bond donors (Lipinski definition) is 2. The summed E-state index contributed by atoms with van der Waals surface area (Å²) < 4.78 is 5.66. The van der Waals surface area contributed by atoms with E-state index in [0.717, 1.165) is 24.8 Å². The van der Waals surface area contributed by atoms with Crippen molar-refractivity contribution in [3.63, 3.8) is 0 Å². The number of rotatable bonds is 5. The van der Waals surface area contributed by atoms with Gasteiger partial charge in [-0.2, -0.15) is 0 Å². The molecule has 2 rings (SSSR count). The molecule has 3 atom stereocenters. The maximum Gasteiger partial charge on any atom is 0.313 e. The standard InChI is InChI=1S/C12H19NO4S/c1-12(2)10(7-3-4-17-11(7)12)13-8(14)5-18-6-9(15)16/h7,10-11H,3-6H2,1-2H3,(H,13,14)(H,15,16). The van der Waals surface area contributed by atoms with Gasteiger partial charge >= 0.3 is 5.97 Å². The Hall–Kier alpha value is -0.750. The zero-order valence-electron chi connectivity index (χ0n) is 10.6. The van der Waals surface area contributed by atoms with Gasteiger partial charge in [-0.1, -0.05) is 13.8 Å². The van der Waals surface area contributed by atoms with E-state index in [4.69, 9.17) is 9.84 Å². The summed E-state index contributed by atoms with van der Waals surface area (Å²) in [6.45, 7) is 4.99. The van der Waals surface area contributed by atoms with Crippen LogP contribution in [-0.2, 0) is 14.3 Å². The third kappa shape index (κ3) is 2.49. The molecule has 1 aliphatic heterocycles. The highest BCUT2D eigenvalue weighted by molar-refractivity contribution is 8.00. The van der Waals surface area contributed by atoms with Gasteiger partial charge in [-0.3, -0.25) is 9.59 Å². The van der Waals surface area contributed by atoms with Crippen LogP contribution in [0, 0.1) is 11.3 Å². The molecule has 6 heteroatoms. The number of thioether (sulfide) groups is 1. The highest BCUT2D eigenvalue weighted by Crippen LogP contribution is 2.52. The first kappa shape index (κ1) is 13.7. The van der Waals surface area contributed by atoms with Gasteiger partial charge in [0.2, 0.25) is 5.91 Å². The Labute approximate surface area is 111 Å². The second kappa shape index (κ2) is 5.09. The first-order chi connectivity index (χ1) is 8.43. The number of carbonyl (C=O) groups excluding carboxylic acids is 1. The minimum Gasteiger partial charge on any atom is -0.481 e. The topological polar surface area (TPSA) is 75.6 Å². The molecule has 0 aromatic rings. The number of aliphatic carboxylic acids is 1. The van der Waals surface area contributed by atoms with E-state index in [1.54, 1.807) is 0 Å². The number of hydrogen-bond acceptors (Lipinski definition) is 4. The molecular formula is C12H19NO4S. The second-order valence-corrected chi connectivity index (χ2v) is 6.48. The minimum absolute atomic E-state index is 0.0196. The van der Waals surface area contributed by atoms with Crippen LogP contribution in [0.25, 0.3) is 0 Å². The first-order valence-electron chi connectivity index (χ1n) is 6.13. The average molecular weight is 273 g/mol. The van der Waals surface area contributed by atoms with Crippen molar-refractivity contribution in [1.82, 2.24) is 5.32 Å². The summed E-state index contributed by atoms with van der Waals surface area (Å²) in [5.41, 5.74) is -0.0196. The maximum atomic E-state index is 11.7. The highest BCUT2D eigenvalue weighted by atomic mass is 32.2. The molecule has 0 spiro atoms. The van der Waals surface area contributed by atoms with Gasteiger partial charge in [0.25, 0.3) is 0 Å². The average Bonchev–Trinajstić information content (AvgIpc) is 2.72. The molecule has 18 heavy (non-hydrogen) atoms. The molecule has 1 saturated carbocycles. The highest BCUT2D eigenvalue weighted by Gasteiger charge is 2.59. The number of carboxylic acids is 1. The number of fused-ring (bicyclic) bond motifs is 1. The third-order valence-electron chi connectivity index (χ3n) is 3.88. The quantitative estimate of drug-likeness (QED) is 0.772. The van der Waals surface area contributed by atoms with Gasteiger partial charge in [-0.05, 0) is 6.42 Å². The van der Waals surface area contributed by atoms with Crippen molar-refractivity contribution in [3.8, 4) is 0 Å². The van der Waals surface area contributed by atoms with Crippen molar-refractivity contribution in [2.24, 2.45) is 11.3 Å². The molecule has 1 heterocycles. The molecule has 1 amide bonds. The molecule has 5 nitrogen and oxygen atoms in total. The molecule has 0 aromatic heterocycles. The summed E-state index contributed by atoms with van der Waals surface area (Å²) in [5, 5.41) is 11.5. The fraction of sp³-hybridized carbons (Fsp3) is 0.833. The lowest BCUT2D eigenvalue weighted by molar-refractivity contribution is -0.135.